The van der Waals surface area contributed by atoms with Gasteiger partial charge in [-0.1, -0.05) is 25.5 Å². The number of ether oxygens (including phenoxy) is 1. The van der Waals surface area contributed by atoms with Gasteiger partial charge in [-0.05, 0) is 42.8 Å². The average Bonchev–Trinajstić information content (AvgIpc) is 2.65. The number of carbonyl (C=O) groups is 1. The van der Waals surface area contributed by atoms with Crippen LogP contribution < -0.4 is 9.46 Å². The van der Waals surface area contributed by atoms with E-state index >= 15 is 0 Å². The Morgan fingerprint density at radius 2 is 1.77 bits per heavy atom. The third kappa shape index (κ3) is 4.76. The molecule has 26 heavy (non-hydrogen) atoms. The fourth-order valence-corrected chi connectivity index (χ4v) is 3.50. The SMILES string of the molecule is CCCCN(C)C(=O)c1ccc(S(=O)(=O)Nc2ccccc2OC)cc1. The number of sulfonamides is 1. The van der Waals surface area contributed by atoms with Gasteiger partial charge in [0.2, 0.25) is 0 Å². The zero-order chi connectivity index (χ0) is 19.2. The first kappa shape index (κ1) is 19.8. The molecule has 2 aromatic carbocycles. The topological polar surface area (TPSA) is 75.7 Å². The standard InChI is InChI=1S/C19H24N2O4S/c1-4-5-14-21(2)19(22)15-10-12-16(13-11-15)26(23,24)20-17-8-6-7-9-18(17)25-3/h6-13,20H,4-5,14H2,1-3H3. The molecule has 0 bridgehead atoms. The van der Waals surface area contributed by atoms with Gasteiger partial charge in [0.15, 0.2) is 0 Å². The summed E-state index contributed by atoms with van der Waals surface area (Å²) in [5.41, 5.74) is 0.814. The molecule has 6 nitrogen and oxygen atoms in total. The Kier molecular flexibility index (Phi) is 6.63. The van der Waals surface area contributed by atoms with E-state index in [1.54, 1.807) is 36.2 Å². The van der Waals surface area contributed by atoms with Gasteiger partial charge in [0, 0.05) is 19.2 Å². The van der Waals surface area contributed by atoms with Gasteiger partial charge in [0.1, 0.15) is 5.75 Å². The fraction of sp³-hybridized carbons (Fsp3) is 0.316. The number of anilines is 1. The number of benzene rings is 2. The third-order valence-electron chi connectivity index (χ3n) is 3.96. The van der Waals surface area contributed by atoms with E-state index in [0.717, 1.165) is 12.8 Å². The van der Waals surface area contributed by atoms with Crippen molar-refractivity contribution < 1.29 is 17.9 Å². The van der Waals surface area contributed by atoms with E-state index in [4.69, 9.17) is 4.74 Å². The summed E-state index contributed by atoms with van der Waals surface area (Å²) in [5, 5.41) is 0. The number of nitrogens with one attached hydrogen (secondary N) is 1. The highest BCUT2D eigenvalue weighted by Crippen LogP contribution is 2.26. The van der Waals surface area contributed by atoms with Crippen molar-refractivity contribution in [3.63, 3.8) is 0 Å². The molecule has 0 radical (unpaired) electrons. The maximum Gasteiger partial charge on any atom is 0.262 e. The van der Waals surface area contributed by atoms with Gasteiger partial charge >= 0.3 is 0 Å². The van der Waals surface area contributed by atoms with Crippen LogP contribution >= 0.6 is 0 Å². The lowest BCUT2D eigenvalue weighted by atomic mass is 10.2. The van der Waals surface area contributed by atoms with Crippen molar-refractivity contribution in [3.05, 3.63) is 54.1 Å². The van der Waals surface area contributed by atoms with Crippen LogP contribution in [-0.4, -0.2) is 39.9 Å². The Hall–Kier alpha value is -2.54. The Morgan fingerprint density at radius 1 is 1.12 bits per heavy atom. The summed E-state index contributed by atoms with van der Waals surface area (Å²) < 4.78 is 32.8. The zero-order valence-electron chi connectivity index (χ0n) is 15.2. The van der Waals surface area contributed by atoms with E-state index in [1.807, 2.05) is 0 Å². The molecule has 0 heterocycles. The molecule has 2 rings (SSSR count). The van der Waals surface area contributed by atoms with Crippen LogP contribution in [0.4, 0.5) is 5.69 Å². The summed E-state index contributed by atoms with van der Waals surface area (Å²) in [4.78, 5) is 14.0. The van der Waals surface area contributed by atoms with Crippen LogP contribution in [0.15, 0.2) is 53.4 Å². The van der Waals surface area contributed by atoms with Crippen molar-refractivity contribution in [2.24, 2.45) is 0 Å². The van der Waals surface area contributed by atoms with Gasteiger partial charge in [-0.15, -0.1) is 0 Å². The second-order valence-corrected chi connectivity index (χ2v) is 7.59. The molecule has 0 atom stereocenters. The normalized spacial score (nSPS) is 11.0. The smallest absolute Gasteiger partial charge is 0.262 e. The summed E-state index contributed by atoms with van der Waals surface area (Å²) in [6.07, 6.45) is 1.93. The molecule has 0 saturated carbocycles. The largest absolute Gasteiger partial charge is 0.495 e. The molecule has 1 amide bonds. The van der Waals surface area contributed by atoms with Crippen LogP contribution in [0.25, 0.3) is 0 Å². The molecule has 2 aromatic rings. The third-order valence-corrected chi connectivity index (χ3v) is 5.34. The van der Waals surface area contributed by atoms with Crippen LogP contribution in [0.5, 0.6) is 5.75 Å². The van der Waals surface area contributed by atoms with Gasteiger partial charge in [0.05, 0.1) is 17.7 Å². The maximum absolute atomic E-state index is 12.6. The quantitative estimate of drug-likeness (QED) is 0.766. The van der Waals surface area contributed by atoms with Gasteiger partial charge < -0.3 is 9.64 Å². The fourth-order valence-electron chi connectivity index (χ4n) is 2.43. The predicted molar refractivity (Wildman–Crippen MR) is 102 cm³/mol. The molecule has 0 fully saturated rings. The number of rotatable bonds is 8. The minimum Gasteiger partial charge on any atom is -0.495 e. The number of nitrogens with zero attached hydrogens (tertiary/aromatic N) is 1. The van der Waals surface area contributed by atoms with Gasteiger partial charge in [-0.2, -0.15) is 0 Å². The highest BCUT2D eigenvalue weighted by atomic mass is 32.2. The monoisotopic (exact) mass is 376 g/mol. The van der Waals surface area contributed by atoms with Crippen LogP contribution in [0, 0.1) is 0 Å². The van der Waals surface area contributed by atoms with Crippen molar-refractivity contribution in [2.45, 2.75) is 24.7 Å². The second kappa shape index (κ2) is 8.71. The number of carbonyl (C=O) groups excluding carboxylic acids is 1. The summed E-state index contributed by atoms with van der Waals surface area (Å²) in [6, 6.07) is 12.7. The summed E-state index contributed by atoms with van der Waals surface area (Å²) >= 11 is 0. The number of hydrogen-bond acceptors (Lipinski definition) is 4. The van der Waals surface area contributed by atoms with Crippen molar-refractivity contribution >= 4 is 21.6 Å². The number of para-hydroxylation sites is 2. The molecule has 0 aliphatic heterocycles. The van der Waals surface area contributed by atoms with Crippen molar-refractivity contribution in [3.8, 4) is 5.75 Å². The molecule has 0 saturated heterocycles. The Morgan fingerprint density at radius 3 is 2.38 bits per heavy atom. The highest BCUT2D eigenvalue weighted by Gasteiger charge is 2.18. The van der Waals surface area contributed by atoms with E-state index < -0.39 is 10.0 Å². The maximum atomic E-state index is 12.6. The van der Waals surface area contributed by atoms with Crippen molar-refractivity contribution in [1.29, 1.82) is 0 Å². The minimum absolute atomic E-state index is 0.0798. The Labute approximate surface area is 154 Å². The second-order valence-electron chi connectivity index (χ2n) is 5.91. The number of methoxy groups -OCH3 is 1. The van der Waals surface area contributed by atoms with E-state index in [1.165, 1.54) is 31.4 Å². The lowest BCUT2D eigenvalue weighted by molar-refractivity contribution is 0.0793. The molecule has 1 N–H and O–H groups in total. The van der Waals surface area contributed by atoms with E-state index in [9.17, 15) is 13.2 Å². The average molecular weight is 376 g/mol. The van der Waals surface area contributed by atoms with E-state index in [0.29, 0.717) is 23.5 Å². The van der Waals surface area contributed by atoms with Crippen LogP contribution in [0.3, 0.4) is 0 Å². The molecule has 0 aromatic heterocycles. The number of unbranched alkanes of at least 4 members (excludes halogenated alkanes) is 1. The molecule has 0 spiro atoms. The predicted octanol–water partition coefficient (Wildman–Crippen LogP) is 3.37. The minimum atomic E-state index is -3.78. The summed E-state index contributed by atoms with van der Waals surface area (Å²) in [7, 11) is -0.561. The first-order valence-electron chi connectivity index (χ1n) is 8.40. The van der Waals surface area contributed by atoms with Crippen LogP contribution in [0.2, 0.25) is 0 Å². The molecule has 7 heteroatoms. The van der Waals surface area contributed by atoms with Gasteiger partial charge in [-0.3, -0.25) is 9.52 Å². The zero-order valence-corrected chi connectivity index (χ0v) is 16.0. The first-order valence-corrected chi connectivity index (χ1v) is 9.88. The Bertz CT molecular complexity index is 848. The van der Waals surface area contributed by atoms with Crippen LogP contribution in [-0.2, 0) is 10.0 Å². The van der Waals surface area contributed by atoms with Crippen molar-refractivity contribution in [2.75, 3.05) is 25.4 Å². The highest BCUT2D eigenvalue weighted by molar-refractivity contribution is 7.92. The van der Waals surface area contributed by atoms with E-state index in [-0.39, 0.29) is 10.8 Å². The van der Waals surface area contributed by atoms with Gasteiger partial charge in [0.25, 0.3) is 15.9 Å². The molecular formula is C19H24N2O4S. The Balaban J connectivity index is 2.17. The summed E-state index contributed by atoms with van der Waals surface area (Å²) in [5.74, 6) is 0.306. The molecular weight excluding hydrogens is 352 g/mol. The summed E-state index contributed by atoms with van der Waals surface area (Å²) in [6.45, 7) is 2.73. The molecule has 140 valence electrons. The molecule has 0 unspecified atom stereocenters. The van der Waals surface area contributed by atoms with Crippen molar-refractivity contribution in [1.82, 2.24) is 4.90 Å². The number of hydrogen-bond donors (Lipinski definition) is 1. The lowest BCUT2D eigenvalue weighted by Gasteiger charge is -2.17. The van der Waals surface area contributed by atoms with E-state index in [2.05, 4.69) is 11.6 Å². The van der Waals surface area contributed by atoms with Gasteiger partial charge in [-0.25, -0.2) is 8.42 Å². The molecule has 0 aliphatic rings. The lowest BCUT2D eigenvalue weighted by Crippen LogP contribution is -2.27. The van der Waals surface area contributed by atoms with Crippen LogP contribution in [0.1, 0.15) is 30.1 Å². The number of amides is 1. The molecule has 0 aliphatic carbocycles. The first-order chi connectivity index (χ1) is 12.4.